The van der Waals surface area contributed by atoms with Crippen LogP contribution in [0.5, 0.6) is 0 Å². The Morgan fingerprint density at radius 2 is 2.00 bits per heavy atom. The molecular weight excluding hydrogens is 318 g/mol. The largest absolute Gasteiger partial charge is 0.478 e. The molecule has 0 aliphatic carbocycles. The van der Waals surface area contributed by atoms with Crippen LogP contribution in [-0.2, 0) is 0 Å². The number of carboxylic acids is 1. The highest BCUT2D eigenvalue weighted by molar-refractivity contribution is 7.98. The quantitative estimate of drug-likeness (QED) is 0.689. The van der Waals surface area contributed by atoms with Gasteiger partial charge in [-0.3, -0.25) is 0 Å². The third kappa shape index (κ3) is 2.80. The normalized spacial score (nSPS) is 10.8. The van der Waals surface area contributed by atoms with Gasteiger partial charge in [0.05, 0.1) is 16.8 Å². The molecule has 1 heterocycles. The zero-order valence-corrected chi connectivity index (χ0v) is 13.3. The monoisotopic (exact) mass is 329 g/mol. The molecule has 0 atom stereocenters. The van der Waals surface area contributed by atoms with Crippen molar-refractivity contribution in [1.29, 1.82) is 0 Å². The van der Waals surface area contributed by atoms with Gasteiger partial charge in [0.2, 0.25) is 0 Å². The van der Waals surface area contributed by atoms with Crippen LogP contribution in [0.1, 0.15) is 10.4 Å². The van der Waals surface area contributed by atoms with Crippen molar-refractivity contribution in [3.63, 3.8) is 0 Å². The highest BCUT2D eigenvalue weighted by Gasteiger charge is 2.13. The standard InChI is InChI=1S/C17H12ClNO2S/c1-22-12-5-6-13-14(17(20)21)9-15(19-16(13)8-12)10-3-2-4-11(18)7-10/h2-9H,1H3,(H,20,21). The van der Waals surface area contributed by atoms with E-state index in [9.17, 15) is 9.90 Å². The van der Waals surface area contributed by atoms with Gasteiger partial charge in [-0.15, -0.1) is 11.8 Å². The van der Waals surface area contributed by atoms with Crippen LogP contribution in [-0.4, -0.2) is 22.3 Å². The van der Waals surface area contributed by atoms with Gasteiger partial charge in [0.1, 0.15) is 0 Å². The molecule has 0 amide bonds. The minimum Gasteiger partial charge on any atom is -0.478 e. The summed E-state index contributed by atoms with van der Waals surface area (Å²) in [4.78, 5) is 17.2. The molecule has 110 valence electrons. The van der Waals surface area contributed by atoms with Crippen molar-refractivity contribution < 1.29 is 9.90 Å². The van der Waals surface area contributed by atoms with Gasteiger partial charge in [-0.2, -0.15) is 0 Å². The molecule has 0 saturated heterocycles. The molecule has 0 aliphatic rings. The SMILES string of the molecule is CSc1ccc2c(C(=O)O)cc(-c3cccc(Cl)c3)nc2c1. The first-order chi connectivity index (χ1) is 10.6. The number of carbonyl (C=O) groups is 1. The number of thioether (sulfide) groups is 1. The van der Waals surface area contributed by atoms with Crippen molar-refractivity contribution >= 4 is 40.2 Å². The van der Waals surface area contributed by atoms with Crippen molar-refractivity contribution in [2.45, 2.75) is 4.90 Å². The summed E-state index contributed by atoms with van der Waals surface area (Å²) in [5.41, 5.74) is 2.31. The van der Waals surface area contributed by atoms with E-state index in [1.165, 1.54) is 0 Å². The van der Waals surface area contributed by atoms with Crippen LogP contribution in [0, 0.1) is 0 Å². The lowest BCUT2D eigenvalue weighted by Gasteiger charge is -2.08. The predicted octanol–water partition coefficient (Wildman–Crippen LogP) is 4.98. The number of nitrogens with zero attached hydrogens (tertiary/aromatic N) is 1. The molecule has 1 aromatic heterocycles. The highest BCUT2D eigenvalue weighted by atomic mass is 35.5. The second kappa shape index (κ2) is 5.99. The van der Waals surface area contributed by atoms with E-state index >= 15 is 0 Å². The zero-order valence-electron chi connectivity index (χ0n) is 11.7. The third-order valence-corrected chi connectivity index (χ3v) is 4.33. The lowest BCUT2D eigenvalue weighted by molar-refractivity contribution is 0.0699. The van der Waals surface area contributed by atoms with Gasteiger partial charge in [-0.05, 0) is 36.6 Å². The lowest BCUT2D eigenvalue weighted by Crippen LogP contribution is -2.00. The molecular formula is C17H12ClNO2S. The number of hydrogen-bond donors (Lipinski definition) is 1. The molecule has 0 fully saturated rings. The Kier molecular flexibility index (Phi) is 4.05. The van der Waals surface area contributed by atoms with E-state index in [0.717, 1.165) is 10.5 Å². The number of fused-ring (bicyclic) bond motifs is 1. The summed E-state index contributed by atoms with van der Waals surface area (Å²) in [6, 6.07) is 14.4. The van der Waals surface area contributed by atoms with Crippen molar-refractivity contribution in [3.05, 3.63) is 59.1 Å². The van der Waals surface area contributed by atoms with E-state index in [1.54, 1.807) is 36.0 Å². The molecule has 0 aliphatic heterocycles. The maximum absolute atomic E-state index is 11.6. The van der Waals surface area contributed by atoms with Gasteiger partial charge >= 0.3 is 5.97 Å². The first-order valence-electron chi connectivity index (χ1n) is 6.56. The van der Waals surface area contributed by atoms with Crippen LogP contribution in [0.2, 0.25) is 5.02 Å². The Labute approximate surface area is 137 Å². The van der Waals surface area contributed by atoms with E-state index in [4.69, 9.17) is 11.6 Å². The van der Waals surface area contributed by atoms with Gasteiger partial charge in [0.25, 0.3) is 0 Å². The molecule has 3 rings (SSSR count). The van der Waals surface area contributed by atoms with E-state index in [0.29, 0.717) is 21.6 Å². The van der Waals surface area contributed by atoms with Crippen molar-refractivity contribution in [2.75, 3.05) is 6.26 Å². The maximum atomic E-state index is 11.6. The Balaban J connectivity index is 2.29. The molecule has 0 radical (unpaired) electrons. The summed E-state index contributed by atoms with van der Waals surface area (Å²) in [6.45, 7) is 0. The smallest absolute Gasteiger partial charge is 0.336 e. The van der Waals surface area contributed by atoms with Gasteiger partial charge in [-0.1, -0.05) is 29.8 Å². The molecule has 5 heteroatoms. The van der Waals surface area contributed by atoms with Crippen LogP contribution in [0.4, 0.5) is 0 Å². The van der Waals surface area contributed by atoms with Crippen molar-refractivity contribution in [3.8, 4) is 11.3 Å². The molecule has 22 heavy (non-hydrogen) atoms. The Bertz CT molecular complexity index is 880. The first-order valence-corrected chi connectivity index (χ1v) is 8.17. The predicted molar refractivity (Wildman–Crippen MR) is 90.9 cm³/mol. The number of benzene rings is 2. The Morgan fingerprint density at radius 1 is 1.18 bits per heavy atom. The average molecular weight is 330 g/mol. The lowest BCUT2D eigenvalue weighted by atomic mass is 10.0. The topological polar surface area (TPSA) is 50.2 Å². The van der Waals surface area contributed by atoms with E-state index in [-0.39, 0.29) is 5.56 Å². The summed E-state index contributed by atoms with van der Waals surface area (Å²) in [7, 11) is 0. The van der Waals surface area contributed by atoms with E-state index in [2.05, 4.69) is 4.98 Å². The molecule has 3 nitrogen and oxygen atoms in total. The van der Waals surface area contributed by atoms with Crippen molar-refractivity contribution in [1.82, 2.24) is 4.98 Å². The summed E-state index contributed by atoms with van der Waals surface area (Å²) in [6.07, 6.45) is 1.97. The fraction of sp³-hybridized carbons (Fsp3) is 0.0588. The summed E-state index contributed by atoms with van der Waals surface area (Å²) in [5, 5.41) is 10.7. The molecule has 2 aromatic carbocycles. The number of rotatable bonds is 3. The molecule has 1 N–H and O–H groups in total. The van der Waals surface area contributed by atoms with Gasteiger partial charge in [0.15, 0.2) is 0 Å². The third-order valence-electron chi connectivity index (χ3n) is 3.37. The summed E-state index contributed by atoms with van der Waals surface area (Å²) < 4.78 is 0. The fourth-order valence-electron chi connectivity index (χ4n) is 2.31. The average Bonchev–Trinajstić information content (AvgIpc) is 2.53. The maximum Gasteiger partial charge on any atom is 0.336 e. The number of aromatic nitrogens is 1. The summed E-state index contributed by atoms with van der Waals surface area (Å²) in [5.74, 6) is -0.965. The number of aromatic carboxylic acids is 1. The molecule has 0 unspecified atom stereocenters. The minimum absolute atomic E-state index is 0.243. The van der Waals surface area contributed by atoms with E-state index in [1.807, 2.05) is 30.5 Å². The van der Waals surface area contributed by atoms with E-state index < -0.39 is 5.97 Å². The zero-order chi connectivity index (χ0) is 15.7. The van der Waals surface area contributed by atoms with Crippen LogP contribution >= 0.6 is 23.4 Å². The highest BCUT2D eigenvalue weighted by Crippen LogP contribution is 2.28. The van der Waals surface area contributed by atoms with Gasteiger partial charge < -0.3 is 5.11 Å². The van der Waals surface area contributed by atoms with Crippen molar-refractivity contribution in [2.24, 2.45) is 0 Å². The molecule has 0 bridgehead atoms. The van der Waals surface area contributed by atoms with Crippen LogP contribution in [0.25, 0.3) is 22.2 Å². The van der Waals surface area contributed by atoms with Gasteiger partial charge in [-0.25, -0.2) is 9.78 Å². The second-order valence-electron chi connectivity index (χ2n) is 4.75. The Hall–Kier alpha value is -2.04. The Morgan fingerprint density at radius 3 is 2.68 bits per heavy atom. The van der Waals surface area contributed by atoms with Crippen LogP contribution < -0.4 is 0 Å². The number of carboxylic acid groups (broad SMARTS) is 1. The first kappa shape index (κ1) is 14.9. The second-order valence-corrected chi connectivity index (χ2v) is 6.07. The number of hydrogen-bond acceptors (Lipinski definition) is 3. The van der Waals surface area contributed by atoms with Crippen LogP contribution in [0.15, 0.2) is 53.4 Å². The number of halogens is 1. The number of pyridine rings is 1. The minimum atomic E-state index is -0.965. The van der Waals surface area contributed by atoms with Gasteiger partial charge in [0, 0.05) is 20.9 Å². The fourth-order valence-corrected chi connectivity index (χ4v) is 2.93. The van der Waals surface area contributed by atoms with Crippen LogP contribution in [0.3, 0.4) is 0 Å². The summed E-state index contributed by atoms with van der Waals surface area (Å²) >= 11 is 7.61. The molecule has 0 saturated carbocycles. The molecule has 3 aromatic rings. The molecule has 0 spiro atoms.